The van der Waals surface area contributed by atoms with Crippen molar-refractivity contribution in [2.75, 3.05) is 7.11 Å². The largest absolute Gasteiger partial charge is 0.497 e. The first-order valence-electron chi connectivity index (χ1n) is 5.37. The van der Waals surface area contributed by atoms with Gasteiger partial charge < -0.3 is 4.74 Å². The molecule has 0 saturated carbocycles. The Hall–Kier alpha value is -1.10. The van der Waals surface area contributed by atoms with Crippen LogP contribution >= 0.6 is 34.8 Å². The number of alkyl halides is 3. The highest BCUT2D eigenvalue weighted by Crippen LogP contribution is 2.35. The van der Waals surface area contributed by atoms with Crippen LogP contribution in [-0.2, 0) is 10.2 Å². The number of hydrogen-bond acceptors (Lipinski definition) is 4. The van der Waals surface area contributed by atoms with Gasteiger partial charge in [-0.2, -0.15) is 0 Å². The maximum atomic E-state index is 5.73. The molecule has 7 heteroatoms. The van der Waals surface area contributed by atoms with Gasteiger partial charge in [0.25, 0.3) is 0 Å². The second-order valence-electron chi connectivity index (χ2n) is 3.75. The second kappa shape index (κ2) is 5.90. The molecule has 0 spiro atoms. The molecule has 1 aromatic heterocycles. The summed E-state index contributed by atoms with van der Waals surface area (Å²) in [4.78, 5) is 12.0. The number of benzene rings is 1. The summed E-state index contributed by atoms with van der Waals surface area (Å²) in [6.45, 7) is 0. The van der Waals surface area contributed by atoms with Gasteiger partial charge in [-0.3, -0.25) is 0 Å². The third kappa shape index (κ3) is 3.93. The lowest BCUT2D eigenvalue weighted by atomic mass is 10.1. The van der Waals surface area contributed by atoms with Crippen LogP contribution in [0.25, 0.3) is 0 Å². The van der Waals surface area contributed by atoms with Crippen molar-refractivity contribution < 1.29 is 4.74 Å². The minimum absolute atomic E-state index is 0.121. The van der Waals surface area contributed by atoms with E-state index in [2.05, 4.69) is 15.0 Å². The van der Waals surface area contributed by atoms with Crippen LogP contribution in [0.4, 0.5) is 0 Å². The van der Waals surface area contributed by atoms with Crippen LogP contribution in [0.15, 0.2) is 30.6 Å². The van der Waals surface area contributed by atoms with Crippen molar-refractivity contribution in [2.24, 2.45) is 0 Å². The number of aromatic nitrogens is 3. The summed E-state index contributed by atoms with van der Waals surface area (Å²) < 4.78 is 3.45. The van der Waals surface area contributed by atoms with Gasteiger partial charge in [-0.25, -0.2) is 15.0 Å². The van der Waals surface area contributed by atoms with Crippen molar-refractivity contribution in [1.29, 1.82) is 0 Å². The Morgan fingerprint density at radius 3 is 2.37 bits per heavy atom. The Bertz CT molecular complexity index is 555. The quantitative estimate of drug-likeness (QED) is 0.815. The van der Waals surface area contributed by atoms with Gasteiger partial charge in [-0.05, 0) is 17.7 Å². The molecule has 0 bridgehead atoms. The predicted molar refractivity (Wildman–Crippen MR) is 74.9 cm³/mol. The molecule has 2 aromatic rings. The number of nitrogens with zero attached hydrogens (tertiary/aromatic N) is 3. The molecule has 1 aromatic carbocycles. The molecule has 0 fully saturated rings. The Labute approximate surface area is 125 Å². The summed E-state index contributed by atoms with van der Waals surface area (Å²) in [5.41, 5.74) is 1.03. The van der Waals surface area contributed by atoms with E-state index in [1.165, 1.54) is 6.33 Å². The molecular formula is C12H10Cl3N3O. The molecule has 0 amide bonds. The maximum Gasteiger partial charge on any atom is 0.250 e. The first-order chi connectivity index (χ1) is 8.99. The van der Waals surface area contributed by atoms with E-state index in [0.29, 0.717) is 12.2 Å². The van der Waals surface area contributed by atoms with E-state index >= 15 is 0 Å². The predicted octanol–water partition coefficient (Wildman–Crippen LogP) is 3.30. The lowest BCUT2D eigenvalue weighted by Gasteiger charge is -2.09. The summed E-state index contributed by atoms with van der Waals surface area (Å²) in [6, 6.07) is 7.59. The Morgan fingerprint density at radius 1 is 1.11 bits per heavy atom. The van der Waals surface area contributed by atoms with Gasteiger partial charge >= 0.3 is 0 Å². The molecule has 0 atom stereocenters. The van der Waals surface area contributed by atoms with Crippen molar-refractivity contribution in [3.05, 3.63) is 47.8 Å². The molecule has 0 aliphatic heterocycles. The lowest BCUT2D eigenvalue weighted by molar-refractivity contribution is 0.414. The van der Waals surface area contributed by atoms with Gasteiger partial charge in [0.1, 0.15) is 17.9 Å². The molecule has 0 aliphatic carbocycles. The highest BCUT2D eigenvalue weighted by Gasteiger charge is 2.26. The molecule has 1 heterocycles. The fourth-order valence-corrected chi connectivity index (χ4v) is 1.75. The van der Waals surface area contributed by atoms with E-state index in [1.807, 2.05) is 24.3 Å². The van der Waals surface area contributed by atoms with Gasteiger partial charge in [-0.1, -0.05) is 46.9 Å². The van der Waals surface area contributed by atoms with Gasteiger partial charge in [0.2, 0.25) is 3.79 Å². The first-order valence-corrected chi connectivity index (χ1v) is 6.50. The van der Waals surface area contributed by atoms with Gasteiger partial charge in [0, 0.05) is 6.42 Å². The standard InChI is InChI=1S/C12H10Cl3N3O/c1-19-9-4-2-8(3-5-9)6-10-16-7-17-11(18-10)12(13,14)15/h2-5,7H,6H2,1H3. The van der Waals surface area contributed by atoms with Crippen LogP contribution in [0.5, 0.6) is 5.75 Å². The van der Waals surface area contributed by atoms with Crippen LogP contribution in [0.3, 0.4) is 0 Å². The summed E-state index contributed by atoms with van der Waals surface area (Å²) in [5.74, 6) is 1.46. The summed E-state index contributed by atoms with van der Waals surface area (Å²) in [5, 5.41) is 0. The van der Waals surface area contributed by atoms with E-state index in [4.69, 9.17) is 39.5 Å². The molecular weight excluding hydrogens is 309 g/mol. The van der Waals surface area contributed by atoms with Crippen molar-refractivity contribution in [3.8, 4) is 5.75 Å². The monoisotopic (exact) mass is 317 g/mol. The second-order valence-corrected chi connectivity index (χ2v) is 6.03. The minimum Gasteiger partial charge on any atom is -0.497 e. The van der Waals surface area contributed by atoms with E-state index in [1.54, 1.807) is 7.11 Å². The number of methoxy groups -OCH3 is 1. The van der Waals surface area contributed by atoms with Crippen molar-refractivity contribution in [3.63, 3.8) is 0 Å². The Balaban J connectivity index is 2.18. The van der Waals surface area contributed by atoms with Crippen molar-refractivity contribution in [1.82, 2.24) is 15.0 Å². The van der Waals surface area contributed by atoms with Crippen LogP contribution in [-0.4, -0.2) is 22.1 Å². The van der Waals surface area contributed by atoms with Crippen LogP contribution in [0.1, 0.15) is 17.2 Å². The Morgan fingerprint density at radius 2 is 1.79 bits per heavy atom. The van der Waals surface area contributed by atoms with Crippen LogP contribution in [0, 0.1) is 0 Å². The van der Waals surface area contributed by atoms with Gasteiger partial charge in [-0.15, -0.1) is 0 Å². The third-order valence-corrected chi connectivity index (χ3v) is 2.90. The molecule has 100 valence electrons. The average molecular weight is 319 g/mol. The Kier molecular flexibility index (Phi) is 4.45. The highest BCUT2D eigenvalue weighted by molar-refractivity contribution is 6.66. The fourth-order valence-electron chi connectivity index (χ4n) is 1.48. The van der Waals surface area contributed by atoms with Gasteiger partial charge in [0.15, 0.2) is 5.82 Å². The van der Waals surface area contributed by atoms with Crippen LogP contribution < -0.4 is 4.74 Å². The summed E-state index contributed by atoms with van der Waals surface area (Å²) in [7, 11) is 1.62. The molecule has 4 nitrogen and oxygen atoms in total. The normalized spacial score (nSPS) is 11.4. The first kappa shape index (κ1) is 14.3. The SMILES string of the molecule is COc1ccc(Cc2ncnc(C(Cl)(Cl)Cl)n2)cc1. The number of halogens is 3. The zero-order valence-corrected chi connectivity index (χ0v) is 12.2. The van der Waals surface area contributed by atoms with E-state index in [-0.39, 0.29) is 5.82 Å². The zero-order valence-electron chi connectivity index (χ0n) is 9.98. The highest BCUT2D eigenvalue weighted by atomic mass is 35.6. The van der Waals surface area contributed by atoms with Crippen LogP contribution in [0.2, 0.25) is 0 Å². The lowest BCUT2D eigenvalue weighted by Crippen LogP contribution is -2.10. The van der Waals surface area contributed by atoms with E-state index in [0.717, 1.165) is 11.3 Å². The smallest absolute Gasteiger partial charge is 0.250 e. The number of hydrogen-bond donors (Lipinski definition) is 0. The molecule has 0 saturated heterocycles. The topological polar surface area (TPSA) is 47.9 Å². The third-order valence-electron chi connectivity index (χ3n) is 2.40. The molecule has 2 rings (SSSR count). The summed E-state index contributed by atoms with van der Waals surface area (Å²) >= 11 is 17.2. The van der Waals surface area contributed by atoms with E-state index in [9.17, 15) is 0 Å². The minimum atomic E-state index is -1.64. The molecule has 0 aliphatic rings. The van der Waals surface area contributed by atoms with Crippen molar-refractivity contribution in [2.45, 2.75) is 10.2 Å². The molecule has 0 N–H and O–H groups in total. The zero-order chi connectivity index (χ0) is 13.9. The number of ether oxygens (including phenoxy) is 1. The average Bonchev–Trinajstić information content (AvgIpc) is 2.39. The number of rotatable bonds is 3. The maximum absolute atomic E-state index is 5.73. The summed E-state index contributed by atoms with van der Waals surface area (Å²) in [6.07, 6.45) is 1.86. The molecule has 0 radical (unpaired) electrons. The fraction of sp³-hybridized carbons (Fsp3) is 0.250. The molecule has 0 unspecified atom stereocenters. The van der Waals surface area contributed by atoms with E-state index < -0.39 is 3.79 Å². The van der Waals surface area contributed by atoms with Crippen molar-refractivity contribution >= 4 is 34.8 Å². The van der Waals surface area contributed by atoms with Gasteiger partial charge in [0.05, 0.1) is 7.11 Å². The molecule has 19 heavy (non-hydrogen) atoms.